The first-order valence-corrected chi connectivity index (χ1v) is 15.5. The summed E-state index contributed by atoms with van der Waals surface area (Å²) < 4.78 is 101. The van der Waals surface area contributed by atoms with E-state index >= 15 is 13.2 Å². The van der Waals surface area contributed by atoms with Crippen molar-refractivity contribution in [1.82, 2.24) is 0 Å². The molecule has 0 bridgehead atoms. The van der Waals surface area contributed by atoms with Gasteiger partial charge in [0.05, 0.1) is 19.1 Å². The van der Waals surface area contributed by atoms with Gasteiger partial charge in [-0.2, -0.15) is 17.6 Å². The van der Waals surface area contributed by atoms with Crippen LogP contribution in [0, 0.1) is 35.3 Å². The molecule has 0 aromatic heterocycles. The number of benzene rings is 2. The van der Waals surface area contributed by atoms with E-state index in [0.29, 0.717) is 55.1 Å². The zero-order chi connectivity index (χ0) is 30.6. The van der Waals surface area contributed by atoms with Crippen LogP contribution >= 0.6 is 0 Å². The van der Waals surface area contributed by atoms with Crippen LogP contribution in [-0.4, -0.2) is 19.3 Å². The van der Waals surface area contributed by atoms with Crippen molar-refractivity contribution in [2.75, 3.05) is 13.2 Å². The summed E-state index contributed by atoms with van der Waals surface area (Å²) in [4.78, 5) is 0. The van der Waals surface area contributed by atoms with Crippen LogP contribution in [0.3, 0.4) is 0 Å². The smallest absolute Gasteiger partial charge is 0.400 e. The minimum Gasteiger partial charge on any atom is -0.432 e. The largest absolute Gasteiger partial charge is 0.432 e. The fourth-order valence-corrected chi connectivity index (χ4v) is 6.87. The molecule has 0 atom stereocenters. The summed E-state index contributed by atoms with van der Waals surface area (Å²) in [7, 11) is 0. The summed E-state index contributed by atoms with van der Waals surface area (Å²) in [5.74, 6) is -1.04. The normalized spacial score (nSPS) is 28.3. The maximum absolute atomic E-state index is 15.2. The van der Waals surface area contributed by atoms with Gasteiger partial charge in [-0.1, -0.05) is 38.0 Å². The first kappa shape index (κ1) is 31.9. The van der Waals surface area contributed by atoms with E-state index in [0.717, 1.165) is 12.0 Å². The Morgan fingerprint density at radius 3 is 2.19 bits per heavy atom. The summed E-state index contributed by atoms with van der Waals surface area (Å²) >= 11 is 0. The molecule has 9 heteroatoms. The maximum Gasteiger partial charge on any atom is 0.400 e. The molecule has 1 saturated heterocycles. The average molecular weight is 611 g/mol. The second kappa shape index (κ2) is 14.1. The molecule has 1 aliphatic heterocycles. The predicted octanol–water partition coefficient (Wildman–Crippen LogP) is 10.1. The molecule has 2 aromatic rings. The fourth-order valence-electron chi connectivity index (χ4n) is 6.87. The number of aryl methyl sites for hydroxylation is 1. The highest BCUT2D eigenvalue weighted by Gasteiger charge is 2.44. The van der Waals surface area contributed by atoms with Crippen molar-refractivity contribution in [2.24, 2.45) is 23.7 Å². The molecule has 0 amide bonds. The zero-order valence-corrected chi connectivity index (χ0v) is 24.5. The van der Waals surface area contributed by atoms with Gasteiger partial charge in [0, 0.05) is 17.5 Å². The Morgan fingerprint density at radius 1 is 0.860 bits per heavy atom. The number of halogens is 6. The summed E-state index contributed by atoms with van der Waals surface area (Å²) in [6.45, 7) is 3.50. The second-order valence-corrected chi connectivity index (χ2v) is 12.6. The highest BCUT2D eigenvalue weighted by Crippen LogP contribution is 2.44. The molecule has 2 saturated carbocycles. The Bertz CT molecular complexity index is 1240. The van der Waals surface area contributed by atoms with Crippen LogP contribution in [0.15, 0.2) is 48.6 Å². The van der Waals surface area contributed by atoms with E-state index < -0.39 is 30.2 Å². The third-order valence-corrected chi connectivity index (χ3v) is 9.58. The molecular weight excluding hydrogens is 570 g/mol. The summed E-state index contributed by atoms with van der Waals surface area (Å²) in [6, 6.07) is 8.31. The van der Waals surface area contributed by atoms with Gasteiger partial charge in [0.15, 0.2) is 6.29 Å². The Kier molecular flexibility index (Phi) is 10.4. The van der Waals surface area contributed by atoms with E-state index in [1.54, 1.807) is 12.1 Å². The van der Waals surface area contributed by atoms with Gasteiger partial charge in [-0.3, -0.25) is 0 Å². The lowest BCUT2D eigenvalue weighted by molar-refractivity contribution is -0.222. The van der Waals surface area contributed by atoms with E-state index in [4.69, 9.17) is 14.2 Å². The van der Waals surface area contributed by atoms with Crippen molar-refractivity contribution in [3.63, 3.8) is 0 Å². The van der Waals surface area contributed by atoms with Gasteiger partial charge in [-0.25, -0.2) is 8.78 Å². The predicted molar refractivity (Wildman–Crippen MR) is 151 cm³/mol. The average Bonchev–Trinajstić information content (AvgIpc) is 2.98. The number of allylic oxidation sites excluding steroid dienone is 1. The number of ether oxygens (including phenoxy) is 3. The lowest BCUT2D eigenvalue weighted by atomic mass is 9.76. The van der Waals surface area contributed by atoms with Crippen LogP contribution < -0.4 is 4.74 Å². The van der Waals surface area contributed by atoms with Crippen LogP contribution in [0.1, 0.15) is 93.6 Å². The molecule has 2 aromatic carbocycles. The van der Waals surface area contributed by atoms with Crippen LogP contribution in [-0.2, 0) is 15.9 Å². The van der Waals surface area contributed by atoms with Crippen molar-refractivity contribution in [2.45, 2.75) is 89.4 Å². The number of hydrogen-bond acceptors (Lipinski definition) is 3. The Morgan fingerprint density at radius 2 is 1.56 bits per heavy atom. The minimum atomic E-state index is -3.54. The molecular formula is C34H40F6O3. The fraction of sp³-hybridized carbons (Fsp3) is 0.588. The third-order valence-electron chi connectivity index (χ3n) is 9.58. The zero-order valence-electron chi connectivity index (χ0n) is 24.5. The topological polar surface area (TPSA) is 27.7 Å². The molecule has 0 spiro atoms. The van der Waals surface area contributed by atoms with Crippen LogP contribution in [0.4, 0.5) is 26.3 Å². The number of alkyl halides is 2. The van der Waals surface area contributed by atoms with Crippen molar-refractivity contribution in [3.8, 4) is 5.75 Å². The highest BCUT2D eigenvalue weighted by molar-refractivity contribution is 5.30. The first-order valence-electron chi connectivity index (χ1n) is 15.5. The first-order chi connectivity index (χ1) is 20.6. The molecule has 0 N–H and O–H groups in total. The van der Waals surface area contributed by atoms with Crippen molar-refractivity contribution in [3.05, 3.63) is 76.9 Å². The maximum atomic E-state index is 15.2. The van der Waals surface area contributed by atoms with E-state index in [1.165, 1.54) is 43.9 Å². The quantitative estimate of drug-likeness (QED) is 0.265. The van der Waals surface area contributed by atoms with Gasteiger partial charge in [0.2, 0.25) is 0 Å². The molecule has 2 aliphatic carbocycles. The summed E-state index contributed by atoms with van der Waals surface area (Å²) in [5.41, 5.74) is 1.26. The minimum absolute atomic E-state index is 0.0163. The van der Waals surface area contributed by atoms with Crippen LogP contribution in [0.2, 0.25) is 0 Å². The van der Waals surface area contributed by atoms with Gasteiger partial charge in [0.1, 0.15) is 17.4 Å². The van der Waals surface area contributed by atoms with Gasteiger partial charge in [0.25, 0.3) is 6.08 Å². The van der Waals surface area contributed by atoms with Gasteiger partial charge in [-0.15, -0.1) is 0 Å². The van der Waals surface area contributed by atoms with E-state index in [2.05, 4.69) is 6.92 Å². The molecule has 43 heavy (non-hydrogen) atoms. The standard InChI is InChI=1S/C34H40F6O3/c1-21-5-7-22(8-6-21)26-19-41-33(42-20-26)25-12-16-29(31(36)17-25)23-9-13-27(14-10-23)34(39,40)43-28-15-11-24(30(35)18-28)3-2-4-32(37)38/h4,11-12,15-18,21-23,26-27,33H,2-3,5-10,13-14,19-20H2,1H3. The lowest BCUT2D eigenvalue weighted by Gasteiger charge is -2.37. The van der Waals surface area contributed by atoms with E-state index in [9.17, 15) is 13.2 Å². The molecule has 1 heterocycles. The molecule has 3 aliphatic rings. The lowest BCUT2D eigenvalue weighted by Crippen LogP contribution is -2.37. The van der Waals surface area contributed by atoms with Crippen LogP contribution in [0.5, 0.6) is 5.75 Å². The molecule has 3 fully saturated rings. The monoisotopic (exact) mass is 610 g/mol. The number of rotatable bonds is 9. The van der Waals surface area contributed by atoms with E-state index in [1.807, 2.05) is 0 Å². The summed E-state index contributed by atoms with van der Waals surface area (Å²) in [5, 5.41) is 0. The molecule has 0 unspecified atom stereocenters. The summed E-state index contributed by atoms with van der Waals surface area (Å²) in [6.07, 6.45) is 0.489. The molecule has 3 nitrogen and oxygen atoms in total. The molecule has 5 rings (SSSR count). The second-order valence-electron chi connectivity index (χ2n) is 12.6. The van der Waals surface area contributed by atoms with Gasteiger partial charge < -0.3 is 14.2 Å². The number of hydrogen-bond donors (Lipinski definition) is 0. The van der Waals surface area contributed by atoms with Crippen molar-refractivity contribution < 1.29 is 40.6 Å². The SMILES string of the molecule is CC1CCC(C2COC(c3ccc(C4CCC(C(F)(F)Oc5ccc(CCC=C(F)F)c(F)c5)CC4)c(F)c3)OC2)CC1. The van der Waals surface area contributed by atoms with Crippen molar-refractivity contribution >= 4 is 0 Å². The van der Waals surface area contributed by atoms with E-state index in [-0.39, 0.29) is 48.7 Å². The Hall–Kier alpha value is -2.52. The highest BCUT2D eigenvalue weighted by atomic mass is 19.3. The Balaban J connectivity index is 1.11. The van der Waals surface area contributed by atoms with Crippen molar-refractivity contribution in [1.29, 1.82) is 0 Å². The Labute approximate surface area is 249 Å². The third kappa shape index (κ3) is 8.15. The molecule has 236 valence electrons. The molecule has 0 radical (unpaired) electrons. The van der Waals surface area contributed by atoms with Gasteiger partial charge >= 0.3 is 6.11 Å². The van der Waals surface area contributed by atoms with Gasteiger partial charge in [-0.05, 0) is 98.5 Å². The van der Waals surface area contributed by atoms with Crippen LogP contribution in [0.25, 0.3) is 0 Å².